The van der Waals surface area contributed by atoms with Gasteiger partial charge in [0.2, 0.25) is 0 Å². The molecule has 11 heteroatoms. The Balaban J connectivity index is 0.000000182. The smallest absolute Gasteiger partial charge is 0.370 e. The lowest BCUT2D eigenvalue weighted by molar-refractivity contribution is 0.381. The van der Waals surface area contributed by atoms with E-state index >= 15 is 0 Å². The van der Waals surface area contributed by atoms with Crippen LogP contribution in [0.3, 0.4) is 0 Å². The number of nitrogens with two attached hydrogens (primary N) is 4. The molecular weight excluding hydrogens is 420 g/mol. The van der Waals surface area contributed by atoms with Crippen molar-refractivity contribution >= 4 is 22.3 Å². The van der Waals surface area contributed by atoms with Crippen molar-refractivity contribution in [2.45, 2.75) is 37.8 Å². The third-order valence-electron chi connectivity index (χ3n) is 4.72. The molecule has 2 aromatic rings. The van der Waals surface area contributed by atoms with Gasteiger partial charge in [0.25, 0.3) is 0 Å². The highest BCUT2D eigenvalue weighted by molar-refractivity contribution is 7.79. The first-order valence-corrected chi connectivity index (χ1v) is 10.9. The predicted octanol–water partition coefficient (Wildman–Crippen LogP) is 0.202. The van der Waals surface area contributed by atoms with Crippen LogP contribution in [0.2, 0.25) is 0 Å². The molecule has 0 fully saturated rings. The maximum atomic E-state index is 8.74. The molecular formula is C20H28N6O4S. The molecule has 0 radical (unpaired) electrons. The summed E-state index contributed by atoms with van der Waals surface area (Å²) in [6.45, 7) is 0. The zero-order valence-corrected chi connectivity index (χ0v) is 17.7. The van der Waals surface area contributed by atoms with Crippen LogP contribution in [-0.2, 0) is 36.1 Å². The maximum Gasteiger partial charge on any atom is 0.394 e. The van der Waals surface area contributed by atoms with Gasteiger partial charge in [0.1, 0.15) is 0 Å². The van der Waals surface area contributed by atoms with Crippen LogP contribution in [0.4, 0.5) is 0 Å². The number of nitrogens with zero attached hydrogens (tertiary/aromatic N) is 2. The van der Waals surface area contributed by atoms with Gasteiger partial charge in [0.05, 0.1) is 12.1 Å². The van der Waals surface area contributed by atoms with Crippen LogP contribution in [0.1, 0.15) is 22.3 Å². The van der Waals surface area contributed by atoms with Crippen molar-refractivity contribution < 1.29 is 17.5 Å². The van der Waals surface area contributed by atoms with Crippen molar-refractivity contribution in [2.75, 3.05) is 0 Å². The molecule has 2 aliphatic carbocycles. The van der Waals surface area contributed by atoms with E-state index in [2.05, 4.69) is 58.5 Å². The van der Waals surface area contributed by atoms with Gasteiger partial charge in [0.15, 0.2) is 11.9 Å². The van der Waals surface area contributed by atoms with Gasteiger partial charge in [0, 0.05) is 0 Å². The number of hydrogen-bond donors (Lipinski definition) is 6. The fraction of sp³-hybridized carbons (Fsp3) is 0.300. The number of guanidine groups is 2. The Morgan fingerprint density at radius 3 is 1.10 bits per heavy atom. The molecule has 0 unspecified atom stereocenters. The molecule has 10 N–H and O–H groups in total. The van der Waals surface area contributed by atoms with E-state index in [9.17, 15) is 0 Å². The molecule has 0 atom stereocenters. The van der Waals surface area contributed by atoms with Crippen molar-refractivity contribution in [3.05, 3.63) is 70.8 Å². The lowest BCUT2D eigenvalue weighted by Crippen LogP contribution is -2.25. The number of aliphatic imine (C=N–C) groups is 2. The molecule has 0 bridgehead atoms. The van der Waals surface area contributed by atoms with Gasteiger partial charge in [-0.05, 0) is 47.9 Å². The minimum absolute atomic E-state index is 0.192. The summed E-state index contributed by atoms with van der Waals surface area (Å²) in [5, 5.41) is 0. The van der Waals surface area contributed by atoms with Gasteiger partial charge in [-0.25, -0.2) is 9.98 Å². The van der Waals surface area contributed by atoms with Gasteiger partial charge in [-0.1, -0.05) is 48.5 Å². The highest BCUT2D eigenvalue weighted by Crippen LogP contribution is 2.24. The van der Waals surface area contributed by atoms with Crippen molar-refractivity contribution in [1.82, 2.24) is 0 Å². The molecule has 0 spiro atoms. The van der Waals surface area contributed by atoms with Crippen LogP contribution in [0, 0.1) is 0 Å². The summed E-state index contributed by atoms with van der Waals surface area (Å²) in [7, 11) is -4.67. The average Bonchev–Trinajstić information content (AvgIpc) is 3.21. The summed E-state index contributed by atoms with van der Waals surface area (Å²) in [6.07, 6.45) is 3.87. The van der Waals surface area contributed by atoms with Crippen LogP contribution in [-0.4, -0.2) is 41.5 Å². The van der Waals surface area contributed by atoms with Crippen molar-refractivity contribution in [3.8, 4) is 0 Å². The molecule has 0 saturated heterocycles. The molecule has 0 heterocycles. The van der Waals surface area contributed by atoms with E-state index in [1.54, 1.807) is 0 Å². The van der Waals surface area contributed by atoms with E-state index in [0.29, 0.717) is 0 Å². The molecule has 168 valence electrons. The minimum Gasteiger partial charge on any atom is -0.370 e. The summed E-state index contributed by atoms with van der Waals surface area (Å²) >= 11 is 0. The van der Waals surface area contributed by atoms with E-state index in [1.807, 2.05) is 0 Å². The fourth-order valence-corrected chi connectivity index (χ4v) is 3.68. The Morgan fingerprint density at radius 1 is 0.677 bits per heavy atom. The molecule has 31 heavy (non-hydrogen) atoms. The van der Waals surface area contributed by atoms with E-state index in [4.69, 9.17) is 40.5 Å². The highest BCUT2D eigenvalue weighted by atomic mass is 32.3. The third-order valence-corrected chi connectivity index (χ3v) is 4.72. The highest BCUT2D eigenvalue weighted by Gasteiger charge is 2.20. The van der Waals surface area contributed by atoms with Crippen LogP contribution < -0.4 is 22.9 Å². The molecule has 0 aliphatic heterocycles. The van der Waals surface area contributed by atoms with E-state index in [1.165, 1.54) is 22.3 Å². The Bertz CT molecular complexity index is 920. The Hall–Kier alpha value is -3.15. The second kappa shape index (κ2) is 10.8. The zero-order chi connectivity index (χ0) is 23.0. The summed E-state index contributed by atoms with van der Waals surface area (Å²) in [5.74, 6) is 0.385. The van der Waals surface area contributed by atoms with E-state index in [-0.39, 0.29) is 24.0 Å². The summed E-state index contributed by atoms with van der Waals surface area (Å²) in [6, 6.07) is 17.3. The number of benzene rings is 2. The first-order valence-electron chi connectivity index (χ1n) is 9.52. The van der Waals surface area contributed by atoms with Gasteiger partial charge in [-0.2, -0.15) is 8.42 Å². The first kappa shape index (κ1) is 24.1. The van der Waals surface area contributed by atoms with E-state index < -0.39 is 10.4 Å². The first-order chi connectivity index (χ1) is 14.5. The third kappa shape index (κ3) is 9.03. The predicted molar refractivity (Wildman–Crippen MR) is 121 cm³/mol. The van der Waals surface area contributed by atoms with Gasteiger partial charge >= 0.3 is 10.4 Å². The quantitative estimate of drug-likeness (QED) is 0.212. The van der Waals surface area contributed by atoms with Crippen LogP contribution in [0.5, 0.6) is 0 Å². The summed E-state index contributed by atoms with van der Waals surface area (Å²) in [5.41, 5.74) is 26.8. The average molecular weight is 449 g/mol. The van der Waals surface area contributed by atoms with Gasteiger partial charge in [-0.15, -0.1) is 0 Å². The van der Waals surface area contributed by atoms with Crippen molar-refractivity contribution in [2.24, 2.45) is 32.9 Å². The molecule has 0 amide bonds. The van der Waals surface area contributed by atoms with Crippen molar-refractivity contribution in [1.29, 1.82) is 0 Å². The monoisotopic (exact) mass is 448 g/mol. The molecule has 2 aliphatic rings. The second-order valence-electron chi connectivity index (χ2n) is 7.22. The molecule has 2 aromatic carbocycles. The maximum absolute atomic E-state index is 8.74. The lowest BCUT2D eigenvalue weighted by atomic mass is 10.1. The minimum atomic E-state index is -4.67. The topological polar surface area (TPSA) is 203 Å². The zero-order valence-electron chi connectivity index (χ0n) is 16.9. The standard InChI is InChI=1S/2C10H13N3.H2O4S/c2*11-10(12)13-9-5-7-3-1-2-4-8(7)6-9;1-5(2,3)4/h2*1-4,9H,5-6H2,(H4,11,12,13);(H2,1,2,3,4). The SMILES string of the molecule is NC(N)=NC1Cc2ccccc2C1.NC(N)=NC1Cc2ccccc2C1.O=S(=O)(O)O. The van der Waals surface area contributed by atoms with Crippen LogP contribution >= 0.6 is 0 Å². The second-order valence-corrected chi connectivity index (χ2v) is 8.11. The van der Waals surface area contributed by atoms with E-state index in [0.717, 1.165) is 25.7 Å². The largest absolute Gasteiger partial charge is 0.394 e. The number of rotatable bonds is 2. The number of fused-ring (bicyclic) bond motifs is 2. The summed E-state index contributed by atoms with van der Waals surface area (Å²) < 4.78 is 31.6. The lowest BCUT2D eigenvalue weighted by Gasteiger charge is -2.01. The van der Waals surface area contributed by atoms with Crippen molar-refractivity contribution in [3.63, 3.8) is 0 Å². The Kier molecular flexibility index (Phi) is 8.37. The summed E-state index contributed by atoms with van der Waals surface area (Å²) in [4.78, 5) is 8.33. The Morgan fingerprint density at radius 2 is 0.903 bits per heavy atom. The van der Waals surface area contributed by atoms with Gasteiger partial charge in [-0.3, -0.25) is 9.11 Å². The molecule has 10 nitrogen and oxygen atoms in total. The molecule has 0 aromatic heterocycles. The molecule has 4 rings (SSSR count). The van der Waals surface area contributed by atoms with Gasteiger partial charge < -0.3 is 22.9 Å². The number of hydrogen-bond acceptors (Lipinski definition) is 4. The normalized spacial score (nSPS) is 14.8. The van der Waals surface area contributed by atoms with Crippen LogP contribution in [0.25, 0.3) is 0 Å². The van der Waals surface area contributed by atoms with Crippen LogP contribution in [0.15, 0.2) is 58.5 Å². The molecule has 0 saturated carbocycles. The fourth-order valence-electron chi connectivity index (χ4n) is 3.68. The Labute approximate surface area is 181 Å².